The Morgan fingerprint density at radius 1 is 1.56 bits per heavy atom. The van der Waals surface area contributed by atoms with Crippen LogP contribution >= 0.6 is 27.3 Å². The molecule has 0 spiro atoms. The number of carboxylic acids is 1. The molecule has 0 radical (unpaired) electrons. The van der Waals surface area contributed by atoms with Gasteiger partial charge in [0.1, 0.15) is 10.3 Å². The van der Waals surface area contributed by atoms with E-state index < -0.39 is 22.0 Å². The topological polar surface area (TPSA) is 86.7 Å². The highest BCUT2D eigenvalue weighted by Gasteiger charge is 2.38. The molecule has 2 N–H and O–H groups in total. The molecule has 0 amide bonds. The maximum atomic E-state index is 12.3. The van der Waals surface area contributed by atoms with Gasteiger partial charge in [-0.1, -0.05) is 0 Å². The third kappa shape index (κ3) is 2.59. The van der Waals surface area contributed by atoms with Crippen LogP contribution in [0.2, 0.25) is 0 Å². The molecule has 2 heterocycles. The van der Waals surface area contributed by atoms with Crippen LogP contribution in [-0.4, -0.2) is 49.5 Å². The highest BCUT2D eigenvalue weighted by atomic mass is 79.9. The molecule has 1 aromatic rings. The molecule has 0 aromatic carbocycles. The van der Waals surface area contributed by atoms with Crippen molar-refractivity contribution in [2.45, 2.75) is 10.3 Å². The summed E-state index contributed by atoms with van der Waals surface area (Å²) < 4.78 is 26.6. The number of piperazine rings is 1. The summed E-state index contributed by atoms with van der Waals surface area (Å²) in [4.78, 5) is 11.1. The Bertz CT molecular complexity index is 557. The summed E-state index contributed by atoms with van der Waals surface area (Å²) in [6.07, 6.45) is 0. The van der Waals surface area contributed by atoms with Gasteiger partial charge in [-0.2, -0.15) is 4.31 Å². The lowest BCUT2D eigenvalue weighted by Gasteiger charge is -2.31. The van der Waals surface area contributed by atoms with E-state index in [0.29, 0.717) is 10.3 Å². The Morgan fingerprint density at radius 3 is 2.83 bits per heavy atom. The summed E-state index contributed by atoms with van der Waals surface area (Å²) in [7, 11) is -3.73. The van der Waals surface area contributed by atoms with Crippen molar-refractivity contribution < 1.29 is 18.3 Å². The Morgan fingerprint density at radius 2 is 2.28 bits per heavy atom. The Labute approximate surface area is 117 Å². The number of aliphatic carboxylic acids is 1. The first-order valence-corrected chi connectivity index (χ1v) is 8.18. The van der Waals surface area contributed by atoms with Crippen LogP contribution in [0.1, 0.15) is 0 Å². The molecule has 1 aliphatic heterocycles. The minimum Gasteiger partial charge on any atom is -0.480 e. The smallest absolute Gasteiger partial charge is 0.323 e. The van der Waals surface area contributed by atoms with Crippen molar-refractivity contribution in [1.82, 2.24) is 9.62 Å². The zero-order valence-electron chi connectivity index (χ0n) is 9.17. The Hall–Kier alpha value is -0.480. The molecule has 1 aromatic heterocycles. The maximum Gasteiger partial charge on any atom is 0.323 e. The van der Waals surface area contributed by atoms with Crippen molar-refractivity contribution in [3.63, 3.8) is 0 Å². The van der Waals surface area contributed by atoms with E-state index in [9.17, 15) is 13.2 Å². The van der Waals surface area contributed by atoms with Crippen LogP contribution in [0.5, 0.6) is 0 Å². The lowest BCUT2D eigenvalue weighted by Crippen LogP contribution is -2.56. The molecule has 0 aliphatic carbocycles. The van der Waals surface area contributed by atoms with Crippen molar-refractivity contribution in [2.24, 2.45) is 0 Å². The predicted octanol–water partition coefficient (Wildman–Crippen LogP) is 0.558. The van der Waals surface area contributed by atoms with Crippen molar-refractivity contribution in [3.8, 4) is 0 Å². The van der Waals surface area contributed by atoms with Crippen LogP contribution in [0.25, 0.3) is 0 Å². The van der Waals surface area contributed by atoms with E-state index >= 15 is 0 Å². The Kier molecular flexibility index (Phi) is 4.07. The van der Waals surface area contributed by atoms with E-state index in [1.54, 1.807) is 6.07 Å². The summed E-state index contributed by atoms with van der Waals surface area (Å²) in [5.74, 6) is -1.14. The molecule has 0 saturated carbocycles. The summed E-state index contributed by atoms with van der Waals surface area (Å²) in [5, 5.41) is 12.0. The van der Waals surface area contributed by atoms with Gasteiger partial charge in [0.25, 0.3) is 10.0 Å². The normalized spacial score (nSPS) is 21.9. The van der Waals surface area contributed by atoms with Crippen molar-refractivity contribution in [2.75, 3.05) is 19.6 Å². The summed E-state index contributed by atoms with van der Waals surface area (Å²) in [6.45, 7) is 0.742. The average Bonchev–Trinajstić information content (AvgIpc) is 2.76. The third-order valence-corrected chi connectivity index (χ3v) is 6.59. The van der Waals surface area contributed by atoms with Crippen molar-refractivity contribution in [3.05, 3.63) is 15.9 Å². The molecule has 2 rings (SSSR count). The number of nitrogens with one attached hydrogen (secondary N) is 1. The van der Waals surface area contributed by atoms with E-state index in [0.717, 1.165) is 15.6 Å². The Balaban J connectivity index is 2.36. The van der Waals surface area contributed by atoms with Crippen LogP contribution in [0.4, 0.5) is 0 Å². The molecule has 100 valence electrons. The van der Waals surface area contributed by atoms with Gasteiger partial charge >= 0.3 is 5.97 Å². The van der Waals surface area contributed by atoms with Gasteiger partial charge in [0.2, 0.25) is 0 Å². The molecule has 9 heteroatoms. The van der Waals surface area contributed by atoms with Gasteiger partial charge < -0.3 is 10.4 Å². The number of halogens is 1. The number of carboxylic acid groups (broad SMARTS) is 1. The molecule has 18 heavy (non-hydrogen) atoms. The number of carbonyl (C=O) groups is 1. The molecule has 0 bridgehead atoms. The number of hydrogen-bond acceptors (Lipinski definition) is 5. The lowest BCUT2D eigenvalue weighted by molar-refractivity contribution is -0.141. The highest BCUT2D eigenvalue weighted by molar-refractivity contribution is 9.11. The van der Waals surface area contributed by atoms with Gasteiger partial charge in [-0.25, -0.2) is 8.42 Å². The number of nitrogens with zero attached hydrogens (tertiary/aromatic N) is 1. The molecule has 6 nitrogen and oxygen atoms in total. The predicted molar refractivity (Wildman–Crippen MR) is 70.2 cm³/mol. The van der Waals surface area contributed by atoms with E-state index in [1.807, 2.05) is 0 Å². The van der Waals surface area contributed by atoms with Gasteiger partial charge in [-0.05, 0) is 28.1 Å². The van der Waals surface area contributed by atoms with Crippen LogP contribution in [0, 0.1) is 0 Å². The van der Waals surface area contributed by atoms with E-state index in [-0.39, 0.29) is 17.3 Å². The van der Waals surface area contributed by atoms with Crippen LogP contribution in [0.3, 0.4) is 0 Å². The number of rotatable bonds is 3. The van der Waals surface area contributed by atoms with E-state index in [4.69, 9.17) is 5.11 Å². The zero-order valence-corrected chi connectivity index (χ0v) is 12.4. The SMILES string of the molecule is O=C(O)C1CNCCN1S(=O)(=O)c1ccc(Br)s1. The quantitative estimate of drug-likeness (QED) is 0.827. The third-order valence-electron chi connectivity index (χ3n) is 2.59. The molecule has 1 unspecified atom stereocenters. The largest absolute Gasteiger partial charge is 0.480 e. The van der Waals surface area contributed by atoms with Gasteiger partial charge in [0.15, 0.2) is 0 Å². The van der Waals surface area contributed by atoms with E-state index in [1.165, 1.54) is 6.07 Å². The molecule has 1 fully saturated rings. The minimum atomic E-state index is -3.73. The van der Waals surface area contributed by atoms with Crippen molar-refractivity contribution >= 4 is 43.3 Å². The van der Waals surface area contributed by atoms with Gasteiger partial charge in [-0.3, -0.25) is 4.79 Å². The molecule has 1 saturated heterocycles. The van der Waals surface area contributed by atoms with E-state index in [2.05, 4.69) is 21.2 Å². The first kappa shape index (κ1) is 13.9. The number of thiophene rings is 1. The van der Waals surface area contributed by atoms with Crippen LogP contribution in [-0.2, 0) is 14.8 Å². The monoisotopic (exact) mass is 354 g/mol. The fourth-order valence-corrected chi connectivity index (χ4v) is 5.46. The van der Waals surface area contributed by atoms with Crippen LogP contribution < -0.4 is 5.32 Å². The average molecular weight is 355 g/mol. The summed E-state index contributed by atoms with van der Waals surface area (Å²) >= 11 is 4.28. The highest BCUT2D eigenvalue weighted by Crippen LogP contribution is 2.29. The number of sulfonamides is 1. The standard InChI is InChI=1S/C9H11BrN2O4S2/c10-7-1-2-8(17-7)18(15,16)12-4-3-11-5-6(12)9(13)14/h1-2,6,11H,3-5H2,(H,13,14). The second-order valence-electron chi connectivity index (χ2n) is 3.73. The van der Waals surface area contributed by atoms with Gasteiger partial charge in [-0.15, -0.1) is 11.3 Å². The summed E-state index contributed by atoms with van der Waals surface area (Å²) in [5.41, 5.74) is 0. The molecule has 1 atom stereocenters. The van der Waals surface area contributed by atoms with Crippen LogP contribution in [0.15, 0.2) is 20.1 Å². The maximum absolute atomic E-state index is 12.3. The molecular formula is C9H11BrN2O4S2. The van der Waals surface area contributed by atoms with Crippen molar-refractivity contribution in [1.29, 1.82) is 0 Å². The number of hydrogen-bond donors (Lipinski definition) is 2. The second kappa shape index (κ2) is 5.25. The summed E-state index contributed by atoms with van der Waals surface area (Å²) in [6, 6.07) is 2.06. The fourth-order valence-electron chi connectivity index (χ4n) is 1.74. The first-order valence-electron chi connectivity index (χ1n) is 5.13. The van der Waals surface area contributed by atoms with Gasteiger partial charge in [0.05, 0.1) is 3.79 Å². The molecular weight excluding hydrogens is 344 g/mol. The lowest BCUT2D eigenvalue weighted by atomic mass is 10.2. The second-order valence-corrected chi connectivity index (χ2v) is 8.31. The molecule has 1 aliphatic rings. The first-order chi connectivity index (χ1) is 8.43. The minimum absolute atomic E-state index is 0.126. The fraction of sp³-hybridized carbons (Fsp3) is 0.444. The van der Waals surface area contributed by atoms with Gasteiger partial charge in [0, 0.05) is 19.6 Å². The zero-order chi connectivity index (χ0) is 13.3.